The van der Waals surface area contributed by atoms with Gasteiger partial charge in [-0.1, -0.05) is 46.7 Å². The molecule has 0 saturated carbocycles. The highest BCUT2D eigenvalue weighted by atomic mass is 19.1. The molecule has 8 aromatic rings. The minimum atomic E-state index is -0.712. The monoisotopic (exact) mass is 976 g/mol. The van der Waals surface area contributed by atoms with Crippen molar-refractivity contribution < 1.29 is 45.6 Å². The molecule has 2 aromatic carbocycles. The summed E-state index contributed by atoms with van der Waals surface area (Å²) >= 11 is 0. The molecule has 0 radical (unpaired) electrons. The van der Waals surface area contributed by atoms with E-state index in [9.17, 15) is 22.4 Å². The van der Waals surface area contributed by atoms with Crippen LogP contribution in [0.5, 0.6) is 11.8 Å². The summed E-state index contributed by atoms with van der Waals surface area (Å²) in [6, 6.07) is 19.6. The molecule has 0 atom stereocenters. The number of carbonyl (C=O) groups is 1. The van der Waals surface area contributed by atoms with Crippen molar-refractivity contribution in [3.05, 3.63) is 132 Å². The molecule has 0 bridgehead atoms. The van der Waals surface area contributed by atoms with Crippen LogP contribution in [-0.4, -0.2) is 105 Å². The number of likely N-dealkylation sites (tertiary alicyclic amines) is 1. The molecule has 368 valence electrons. The first-order chi connectivity index (χ1) is 34.3. The minimum Gasteiger partial charge on any atom is -0.472 e. The first-order valence-corrected chi connectivity index (χ1v) is 22.9. The summed E-state index contributed by atoms with van der Waals surface area (Å²) in [6.45, 7) is 8.18. The number of hydrogen-bond acceptors (Lipinski definition) is 15. The molecule has 8 heterocycles. The average Bonchev–Trinajstić information content (AvgIpc) is 4.21. The Morgan fingerprint density at radius 2 is 1.11 bits per heavy atom. The molecule has 22 heteroatoms. The van der Waals surface area contributed by atoms with Crippen LogP contribution in [0.3, 0.4) is 0 Å². The second-order valence-electron chi connectivity index (χ2n) is 17.6. The Morgan fingerprint density at radius 3 is 1.55 bits per heavy atom. The molecule has 0 unspecified atom stereocenters. The first kappa shape index (κ1) is 48.0. The van der Waals surface area contributed by atoms with Gasteiger partial charge >= 0.3 is 6.09 Å². The van der Waals surface area contributed by atoms with Crippen LogP contribution in [0, 0.1) is 23.3 Å². The van der Waals surface area contributed by atoms with Crippen LogP contribution in [-0.2, 0) is 17.8 Å². The number of rotatable bonds is 12. The lowest BCUT2D eigenvalue weighted by molar-refractivity contribution is 0.0119. The molecule has 71 heavy (non-hydrogen) atoms. The molecular weight excluding hydrogens is 929 g/mol. The number of piperidine rings is 2. The van der Waals surface area contributed by atoms with E-state index in [4.69, 9.17) is 23.3 Å². The van der Waals surface area contributed by atoms with Crippen LogP contribution in [0.4, 0.5) is 22.4 Å². The quantitative estimate of drug-likeness (QED) is 0.114. The second-order valence-corrected chi connectivity index (χ2v) is 17.6. The van der Waals surface area contributed by atoms with E-state index in [1.165, 1.54) is 24.7 Å². The number of carbonyl (C=O) groups excluding carboxylic acids is 1. The van der Waals surface area contributed by atoms with Crippen molar-refractivity contribution in [1.29, 1.82) is 0 Å². The number of ether oxygens (including phenoxy) is 3. The van der Waals surface area contributed by atoms with Crippen LogP contribution >= 0.6 is 0 Å². The van der Waals surface area contributed by atoms with Gasteiger partial charge in [-0.3, -0.25) is 9.36 Å². The predicted octanol–water partition coefficient (Wildman–Crippen LogP) is 8.55. The molecule has 18 nitrogen and oxygen atoms in total. The van der Waals surface area contributed by atoms with Crippen molar-refractivity contribution in [3.63, 3.8) is 0 Å². The SMILES string of the molecule is CC(C)(C)OC(=O)N1CCC(Oc2nc(-c3cc(-c4ccon4)n(Cc4ccccc4F)n3)ncc2F)CC1.Fc1ccccc1Cn1nc(-c2ncc(F)c(OC3CCNCC3)n2)cc1-c1ccon1. The zero-order valence-corrected chi connectivity index (χ0v) is 38.8. The number of hydrogen-bond donors (Lipinski definition) is 1. The molecule has 2 fully saturated rings. The maximum absolute atomic E-state index is 14.6. The number of nitrogens with one attached hydrogen (secondary N) is 1. The average molecular weight is 977 g/mol. The first-order valence-electron chi connectivity index (χ1n) is 22.9. The zero-order chi connectivity index (χ0) is 49.5. The van der Waals surface area contributed by atoms with E-state index in [1.54, 1.807) is 74.9 Å². The van der Waals surface area contributed by atoms with Gasteiger partial charge in [-0.15, -0.1) is 0 Å². The van der Waals surface area contributed by atoms with Gasteiger partial charge in [-0.25, -0.2) is 23.5 Å². The topological polar surface area (TPSA) is 199 Å². The fourth-order valence-electron chi connectivity index (χ4n) is 7.80. The van der Waals surface area contributed by atoms with Gasteiger partial charge in [-0.05, 0) is 71.0 Å². The molecular formula is C49H48F4N12O6. The van der Waals surface area contributed by atoms with Gasteiger partial charge in [0, 0.05) is 49.2 Å². The molecule has 2 aliphatic rings. The fourth-order valence-corrected chi connectivity index (χ4v) is 7.80. The molecule has 2 aliphatic heterocycles. The lowest BCUT2D eigenvalue weighted by Gasteiger charge is -2.33. The van der Waals surface area contributed by atoms with Crippen LogP contribution in [0.25, 0.3) is 45.8 Å². The molecule has 0 spiro atoms. The molecule has 6 aromatic heterocycles. The lowest BCUT2D eigenvalue weighted by Crippen LogP contribution is -2.44. The van der Waals surface area contributed by atoms with Crippen LogP contribution in [0.1, 0.15) is 57.6 Å². The lowest BCUT2D eigenvalue weighted by atomic mass is 10.1. The Kier molecular flexibility index (Phi) is 14.4. The van der Waals surface area contributed by atoms with E-state index in [0.717, 1.165) is 38.3 Å². The summed E-state index contributed by atoms with van der Waals surface area (Å²) in [4.78, 5) is 30.7. The standard InChI is InChI=1S/C27H28F2N6O4.C22H20F2N6O2/c1-27(2,3)39-26(36)34-11-8-18(9-12-34)38-25-20(29)15-30-24(31-25)22-14-23(21-10-13-37-33-21)35(32-22)16-17-6-4-5-7-19(17)28;23-16-4-2-1-3-14(16)13-30-20(18-7-10-31-29-18)11-19(28-30)21-26-12-17(24)22(27-21)32-15-5-8-25-9-6-15/h4-7,10,13-15,18H,8-9,11-12,16H2,1-3H3;1-4,7,10-12,15,25H,5-6,8-9,13H2. The highest BCUT2D eigenvalue weighted by Crippen LogP contribution is 2.30. The molecule has 2 saturated heterocycles. The van der Waals surface area contributed by atoms with Gasteiger partial charge in [0.1, 0.15) is 64.7 Å². The summed E-state index contributed by atoms with van der Waals surface area (Å²) in [7, 11) is 0. The highest BCUT2D eigenvalue weighted by molar-refractivity contribution is 5.68. The smallest absolute Gasteiger partial charge is 0.410 e. The van der Waals surface area contributed by atoms with Crippen LogP contribution in [0.15, 0.2) is 107 Å². The fraction of sp³-hybridized carbons (Fsp3) is 0.327. The Balaban J connectivity index is 0.000000179. The van der Waals surface area contributed by atoms with Gasteiger partial charge in [0.05, 0.1) is 36.9 Å². The van der Waals surface area contributed by atoms with Gasteiger partial charge < -0.3 is 33.5 Å². The maximum atomic E-state index is 14.6. The minimum absolute atomic E-state index is 0.103. The third-order valence-electron chi connectivity index (χ3n) is 11.3. The van der Waals surface area contributed by atoms with Crippen molar-refractivity contribution >= 4 is 6.09 Å². The number of aromatic nitrogens is 10. The van der Waals surface area contributed by atoms with Crippen LogP contribution < -0.4 is 14.8 Å². The second kappa shape index (κ2) is 21.3. The molecule has 1 N–H and O–H groups in total. The van der Waals surface area contributed by atoms with E-state index < -0.39 is 17.2 Å². The van der Waals surface area contributed by atoms with E-state index in [0.29, 0.717) is 71.2 Å². The van der Waals surface area contributed by atoms with Gasteiger partial charge in [0.25, 0.3) is 11.8 Å². The summed E-state index contributed by atoms with van der Waals surface area (Å²) in [5.41, 5.74) is 3.16. The maximum Gasteiger partial charge on any atom is 0.410 e. The number of halogens is 4. The third-order valence-corrected chi connectivity index (χ3v) is 11.3. The van der Waals surface area contributed by atoms with Crippen molar-refractivity contribution in [2.75, 3.05) is 26.2 Å². The molecule has 10 rings (SSSR count). The van der Waals surface area contributed by atoms with E-state index in [-0.39, 0.29) is 66.4 Å². The largest absolute Gasteiger partial charge is 0.472 e. The van der Waals surface area contributed by atoms with Crippen molar-refractivity contribution in [3.8, 4) is 57.6 Å². The van der Waals surface area contributed by atoms with Crippen LogP contribution in [0.2, 0.25) is 0 Å². The van der Waals surface area contributed by atoms with E-state index in [1.807, 2.05) is 20.8 Å². The Labute approximate surface area is 404 Å². The van der Waals surface area contributed by atoms with Gasteiger partial charge in [0.15, 0.2) is 11.6 Å². The predicted molar refractivity (Wildman–Crippen MR) is 246 cm³/mol. The molecule has 1 amide bonds. The van der Waals surface area contributed by atoms with E-state index in [2.05, 4.69) is 45.8 Å². The summed E-state index contributed by atoms with van der Waals surface area (Å²) in [5, 5.41) is 20.3. The Hall–Kier alpha value is -8.01. The Morgan fingerprint density at radius 1 is 0.648 bits per heavy atom. The highest BCUT2D eigenvalue weighted by Gasteiger charge is 2.29. The number of amides is 1. The summed E-state index contributed by atoms with van der Waals surface area (Å²) in [6.07, 6.45) is 6.64. The Bertz CT molecular complexity index is 3060. The van der Waals surface area contributed by atoms with Gasteiger partial charge in [0.2, 0.25) is 11.6 Å². The third kappa shape index (κ3) is 11.9. The number of nitrogens with zero attached hydrogens (tertiary/aromatic N) is 11. The summed E-state index contributed by atoms with van der Waals surface area (Å²) < 4.78 is 87.7. The number of benzene rings is 2. The summed E-state index contributed by atoms with van der Waals surface area (Å²) in [5.74, 6) is -2.03. The van der Waals surface area contributed by atoms with Crippen molar-refractivity contribution in [2.45, 2.75) is 77.4 Å². The van der Waals surface area contributed by atoms with Gasteiger partial charge in [-0.2, -0.15) is 28.9 Å². The molecule has 0 aliphatic carbocycles. The normalized spacial score (nSPS) is 14.5. The van der Waals surface area contributed by atoms with E-state index >= 15 is 0 Å². The zero-order valence-electron chi connectivity index (χ0n) is 38.8. The van der Waals surface area contributed by atoms with Crippen molar-refractivity contribution in [2.24, 2.45) is 0 Å². The van der Waals surface area contributed by atoms with Crippen molar-refractivity contribution in [1.82, 2.24) is 60.0 Å².